The molecule has 0 aliphatic heterocycles. The highest BCUT2D eigenvalue weighted by Gasteiger charge is 1.98. The summed E-state index contributed by atoms with van der Waals surface area (Å²) in [6, 6.07) is 4.92. The summed E-state index contributed by atoms with van der Waals surface area (Å²) in [6.45, 7) is -0.175. The van der Waals surface area contributed by atoms with Gasteiger partial charge in [0, 0.05) is 11.6 Å². The van der Waals surface area contributed by atoms with Crippen LogP contribution in [0, 0.1) is 0 Å². The van der Waals surface area contributed by atoms with Crippen molar-refractivity contribution in [2.45, 2.75) is 13.2 Å². The van der Waals surface area contributed by atoms with E-state index in [0.717, 1.165) is 5.56 Å². The lowest BCUT2D eigenvalue weighted by atomic mass is 10.1. The Morgan fingerprint density at radius 2 is 2.08 bits per heavy atom. The minimum absolute atomic E-state index is 0.372. The Bertz CT molecular complexity index is 304. The Kier molecular flexibility index (Phi) is 3.71. The standard InChI is InChI=1S/C9H9ClFNO/c10-9-2-7(4-11)1-8(3-9)5-12-6-13/h1-3,6H,4-5H2,(H,12,13). The van der Waals surface area contributed by atoms with Crippen LogP contribution in [0.2, 0.25) is 5.02 Å². The van der Waals surface area contributed by atoms with Gasteiger partial charge in [0.25, 0.3) is 0 Å². The van der Waals surface area contributed by atoms with Crippen molar-refractivity contribution in [2.24, 2.45) is 0 Å². The van der Waals surface area contributed by atoms with Gasteiger partial charge in [-0.05, 0) is 23.3 Å². The first-order valence-electron chi connectivity index (χ1n) is 3.77. The topological polar surface area (TPSA) is 29.1 Å². The molecule has 0 saturated carbocycles. The molecule has 0 fully saturated rings. The van der Waals surface area contributed by atoms with E-state index in [2.05, 4.69) is 5.32 Å². The molecule has 0 radical (unpaired) electrons. The van der Waals surface area contributed by atoms with Gasteiger partial charge in [0.05, 0.1) is 0 Å². The summed E-state index contributed by atoms with van der Waals surface area (Å²) in [6.07, 6.45) is 0.593. The van der Waals surface area contributed by atoms with Crippen molar-refractivity contribution in [2.75, 3.05) is 0 Å². The molecule has 1 rings (SSSR count). The molecule has 1 aromatic rings. The Morgan fingerprint density at radius 1 is 1.38 bits per heavy atom. The number of halogens is 2. The highest BCUT2D eigenvalue weighted by atomic mass is 35.5. The molecule has 0 aromatic heterocycles. The number of hydrogen-bond donors (Lipinski definition) is 1. The van der Waals surface area contributed by atoms with Crippen molar-refractivity contribution < 1.29 is 9.18 Å². The van der Waals surface area contributed by atoms with Gasteiger partial charge < -0.3 is 5.32 Å². The molecule has 0 unspecified atom stereocenters. The van der Waals surface area contributed by atoms with Crippen LogP contribution in [-0.4, -0.2) is 6.41 Å². The van der Waals surface area contributed by atoms with Gasteiger partial charge in [-0.1, -0.05) is 17.7 Å². The maximum atomic E-state index is 12.3. The molecule has 0 spiro atoms. The van der Waals surface area contributed by atoms with E-state index in [4.69, 9.17) is 11.6 Å². The summed E-state index contributed by atoms with van der Waals surface area (Å²) < 4.78 is 12.3. The summed E-state index contributed by atoms with van der Waals surface area (Å²) in [7, 11) is 0. The van der Waals surface area contributed by atoms with E-state index < -0.39 is 6.67 Å². The predicted molar refractivity (Wildman–Crippen MR) is 49.2 cm³/mol. The van der Waals surface area contributed by atoms with Crippen LogP contribution in [-0.2, 0) is 18.0 Å². The number of rotatable bonds is 4. The van der Waals surface area contributed by atoms with Gasteiger partial charge in [-0.3, -0.25) is 4.79 Å². The average molecular weight is 202 g/mol. The van der Waals surface area contributed by atoms with Gasteiger partial charge in [0.2, 0.25) is 6.41 Å². The van der Waals surface area contributed by atoms with E-state index >= 15 is 0 Å². The molecule has 2 nitrogen and oxygen atoms in total. The smallest absolute Gasteiger partial charge is 0.207 e. The number of amides is 1. The van der Waals surface area contributed by atoms with Crippen LogP contribution in [0.3, 0.4) is 0 Å². The van der Waals surface area contributed by atoms with E-state index in [1.165, 1.54) is 0 Å². The van der Waals surface area contributed by atoms with Gasteiger partial charge >= 0.3 is 0 Å². The highest BCUT2D eigenvalue weighted by molar-refractivity contribution is 6.30. The number of alkyl halides is 1. The fraction of sp³-hybridized carbons (Fsp3) is 0.222. The lowest BCUT2D eigenvalue weighted by Crippen LogP contribution is -2.09. The van der Waals surface area contributed by atoms with E-state index in [-0.39, 0.29) is 0 Å². The highest BCUT2D eigenvalue weighted by Crippen LogP contribution is 2.15. The molecule has 0 aliphatic carbocycles. The zero-order valence-electron chi connectivity index (χ0n) is 6.89. The zero-order valence-corrected chi connectivity index (χ0v) is 7.64. The van der Waals surface area contributed by atoms with Crippen LogP contribution in [0.5, 0.6) is 0 Å². The normalized spacial score (nSPS) is 9.69. The summed E-state index contributed by atoms with van der Waals surface area (Å²) in [5.74, 6) is 0. The van der Waals surface area contributed by atoms with Crippen molar-refractivity contribution in [3.05, 3.63) is 34.3 Å². The number of nitrogens with one attached hydrogen (secondary N) is 1. The maximum Gasteiger partial charge on any atom is 0.207 e. The Hall–Kier alpha value is -1.09. The van der Waals surface area contributed by atoms with Crippen molar-refractivity contribution in [3.63, 3.8) is 0 Å². The lowest BCUT2D eigenvalue weighted by Gasteiger charge is -2.03. The minimum Gasteiger partial charge on any atom is -0.355 e. The Labute approximate surface area is 80.7 Å². The van der Waals surface area contributed by atoms with Crippen LogP contribution in [0.4, 0.5) is 4.39 Å². The lowest BCUT2D eigenvalue weighted by molar-refractivity contribution is -0.109. The van der Waals surface area contributed by atoms with E-state index in [9.17, 15) is 9.18 Å². The molecule has 4 heteroatoms. The third-order valence-electron chi connectivity index (χ3n) is 1.56. The summed E-state index contributed by atoms with van der Waals surface area (Å²) in [5.41, 5.74) is 1.32. The van der Waals surface area contributed by atoms with Crippen LogP contribution >= 0.6 is 11.6 Å². The van der Waals surface area contributed by atoms with Crippen molar-refractivity contribution in [1.29, 1.82) is 0 Å². The second-order valence-corrected chi connectivity index (χ2v) is 3.04. The molecule has 1 amide bonds. The second-order valence-electron chi connectivity index (χ2n) is 2.60. The average Bonchev–Trinajstić information content (AvgIpc) is 2.14. The number of benzene rings is 1. The zero-order chi connectivity index (χ0) is 9.68. The number of hydrogen-bond acceptors (Lipinski definition) is 1. The molecular formula is C9H9ClFNO. The summed E-state index contributed by atoms with van der Waals surface area (Å²) in [5, 5.41) is 2.97. The molecule has 0 bridgehead atoms. The summed E-state index contributed by atoms with van der Waals surface area (Å²) >= 11 is 5.72. The monoisotopic (exact) mass is 201 g/mol. The quantitative estimate of drug-likeness (QED) is 0.743. The predicted octanol–water partition coefficient (Wildman–Crippen LogP) is 2.06. The largest absolute Gasteiger partial charge is 0.355 e. The van der Waals surface area contributed by atoms with E-state index in [1.807, 2.05) is 0 Å². The second kappa shape index (κ2) is 4.82. The van der Waals surface area contributed by atoms with E-state index in [1.54, 1.807) is 18.2 Å². The molecule has 70 valence electrons. The number of carbonyl (C=O) groups is 1. The molecular weight excluding hydrogens is 193 g/mol. The minimum atomic E-state index is -0.547. The van der Waals surface area contributed by atoms with Crippen LogP contribution < -0.4 is 5.32 Å². The molecule has 1 aromatic carbocycles. The Balaban J connectivity index is 2.81. The first kappa shape index (κ1) is 9.99. The molecule has 1 N–H and O–H groups in total. The summed E-state index contributed by atoms with van der Waals surface area (Å²) in [4.78, 5) is 10.00. The molecule has 0 aliphatic rings. The third-order valence-corrected chi connectivity index (χ3v) is 1.78. The van der Waals surface area contributed by atoms with Crippen molar-refractivity contribution >= 4 is 18.0 Å². The van der Waals surface area contributed by atoms with Gasteiger partial charge in [-0.15, -0.1) is 0 Å². The van der Waals surface area contributed by atoms with Crippen molar-refractivity contribution in [1.82, 2.24) is 5.32 Å². The fourth-order valence-electron chi connectivity index (χ4n) is 1.06. The van der Waals surface area contributed by atoms with Gasteiger partial charge in [0.15, 0.2) is 0 Å². The van der Waals surface area contributed by atoms with E-state index in [0.29, 0.717) is 23.5 Å². The SMILES string of the molecule is O=CNCc1cc(Cl)cc(CF)c1. The Morgan fingerprint density at radius 3 is 2.69 bits per heavy atom. The first-order valence-corrected chi connectivity index (χ1v) is 4.15. The van der Waals surface area contributed by atoms with Crippen molar-refractivity contribution in [3.8, 4) is 0 Å². The third kappa shape index (κ3) is 3.03. The van der Waals surface area contributed by atoms with Gasteiger partial charge in [0.1, 0.15) is 6.67 Å². The van der Waals surface area contributed by atoms with Gasteiger partial charge in [-0.2, -0.15) is 0 Å². The maximum absolute atomic E-state index is 12.3. The van der Waals surface area contributed by atoms with Gasteiger partial charge in [-0.25, -0.2) is 4.39 Å². The molecule has 13 heavy (non-hydrogen) atoms. The van der Waals surface area contributed by atoms with Crippen LogP contribution in [0.1, 0.15) is 11.1 Å². The van der Waals surface area contributed by atoms with Crippen LogP contribution in [0.25, 0.3) is 0 Å². The molecule has 0 saturated heterocycles. The molecule has 0 heterocycles. The molecule has 0 atom stereocenters. The first-order chi connectivity index (χ1) is 6.26. The fourth-order valence-corrected chi connectivity index (χ4v) is 1.34. The number of carbonyl (C=O) groups excluding carboxylic acids is 1. The van der Waals surface area contributed by atoms with Crippen LogP contribution in [0.15, 0.2) is 18.2 Å².